The number of Topliss-reactive ketones (excluding diaryl/α,β-unsaturated/α-hetero) is 1. The molecule has 0 saturated heterocycles. The van der Waals surface area contributed by atoms with E-state index < -0.39 is 4.92 Å². The largest absolute Gasteiger partial charge is 0.411 e. The van der Waals surface area contributed by atoms with Crippen LogP contribution in [-0.2, 0) is 6.54 Å². The highest BCUT2D eigenvalue weighted by Crippen LogP contribution is 2.12. The molecule has 7 heteroatoms. The SMILES string of the molecule is O=C(C[n+]1ccc(C=NO)cc1)c1ccc([N+](=O)[O-])cc1. The van der Waals surface area contributed by atoms with E-state index in [0.29, 0.717) is 11.1 Å². The predicted molar refractivity (Wildman–Crippen MR) is 73.4 cm³/mol. The number of hydrogen-bond acceptors (Lipinski definition) is 5. The van der Waals surface area contributed by atoms with E-state index in [1.165, 1.54) is 30.5 Å². The number of rotatable bonds is 5. The highest BCUT2D eigenvalue weighted by molar-refractivity contribution is 5.95. The van der Waals surface area contributed by atoms with Gasteiger partial charge in [-0.25, -0.2) is 0 Å². The summed E-state index contributed by atoms with van der Waals surface area (Å²) in [4.78, 5) is 22.1. The molecule has 1 heterocycles. The summed E-state index contributed by atoms with van der Waals surface area (Å²) < 4.78 is 1.67. The molecule has 0 atom stereocenters. The zero-order valence-corrected chi connectivity index (χ0v) is 10.9. The second-order valence-corrected chi connectivity index (χ2v) is 4.28. The Morgan fingerprint density at radius 2 is 1.86 bits per heavy atom. The highest BCUT2D eigenvalue weighted by Gasteiger charge is 2.13. The number of ketones is 1. The van der Waals surface area contributed by atoms with E-state index >= 15 is 0 Å². The Hall–Kier alpha value is -3.09. The molecule has 0 unspecified atom stereocenters. The standard InChI is InChI=1S/C14H11N3O4/c18-14(12-1-3-13(4-2-12)17(20)21)10-16-7-5-11(6-8-16)9-15-19/h1-9H,10H2/p+1. The van der Waals surface area contributed by atoms with Gasteiger partial charge in [-0.2, -0.15) is 4.57 Å². The number of nitro groups is 1. The second-order valence-electron chi connectivity index (χ2n) is 4.28. The molecule has 1 aromatic carbocycles. The van der Waals surface area contributed by atoms with Gasteiger partial charge in [0.1, 0.15) is 0 Å². The molecule has 1 aromatic heterocycles. The fourth-order valence-electron chi connectivity index (χ4n) is 1.75. The average molecular weight is 286 g/mol. The summed E-state index contributed by atoms with van der Waals surface area (Å²) in [5, 5.41) is 21.9. The third-order valence-corrected chi connectivity index (χ3v) is 2.85. The summed E-state index contributed by atoms with van der Waals surface area (Å²) in [6.07, 6.45) is 4.64. The highest BCUT2D eigenvalue weighted by atomic mass is 16.6. The molecule has 0 aliphatic carbocycles. The summed E-state index contributed by atoms with van der Waals surface area (Å²) in [6.45, 7) is 0.119. The Bertz CT molecular complexity index is 678. The lowest BCUT2D eigenvalue weighted by atomic mass is 10.1. The molecule has 0 aliphatic heterocycles. The van der Waals surface area contributed by atoms with Crippen LogP contribution in [0.5, 0.6) is 0 Å². The van der Waals surface area contributed by atoms with E-state index in [2.05, 4.69) is 5.16 Å². The van der Waals surface area contributed by atoms with Crippen molar-refractivity contribution in [2.45, 2.75) is 6.54 Å². The quantitative estimate of drug-likeness (QED) is 0.225. The third-order valence-electron chi connectivity index (χ3n) is 2.85. The van der Waals surface area contributed by atoms with Crippen LogP contribution in [0.3, 0.4) is 0 Å². The van der Waals surface area contributed by atoms with Gasteiger partial charge in [0.2, 0.25) is 12.3 Å². The number of non-ortho nitro benzene ring substituents is 1. The van der Waals surface area contributed by atoms with Crippen LogP contribution in [0.2, 0.25) is 0 Å². The molecule has 0 spiro atoms. The van der Waals surface area contributed by atoms with Gasteiger partial charge in [-0.3, -0.25) is 14.9 Å². The van der Waals surface area contributed by atoms with Gasteiger partial charge >= 0.3 is 0 Å². The fourth-order valence-corrected chi connectivity index (χ4v) is 1.75. The van der Waals surface area contributed by atoms with Crippen LogP contribution in [0.15, 0.2) is 53.9 Å². The fraction of sp³-hybridized carbons (Fsp3) is 0.0714. The van der Waals surface area contributed by atoms with Gasteiger partial charge in [0.05, 0.1) is 11.1 Å². The van der Waals surface area contributed by atoms with Crippen molar-refractivity contribution in [1.82, 2.24) is 0 Å². The first kappa shape index (κ1) is 14.3. The van der Waals surface area contributed by atoms with Crippen molar-refractivity contribution in [2.24, 2.45) is 5.16 Å². The van der Waals surface area contributed by atoms with Crippen molar-refractivity contribution in [1.29, 1.82) is 0 Å². The van der Waals surface area contributed by atoms with Crippen LogP contribution in [0.4, 0.5) is 5.69 Å². The first-order valence-corrected chi connectivity index (χ1v) is 6.04. The number of oxime groups is 1. The Balaban J connectivity index is 2.08. The van der Waals surface area contributed by atoms with Gasteiger partial charge < -0.3 is 5.21 Å². The lowest BCUT2D eigenvalue weighted by Gasteiger charge is -1.98. The minimum atomic E-state index is -0.509. The van der Waals surface area contributed by atoms with Crippen molar-refractivity contribution in [3.05, 3.63) is 70.0 Å². The van der Waals surface area contributed by atoms with Crippen molar-refractivity contribution in [2.75, 3.05) is 0 Å². The van der Waals surface area contributed by atoms with Crippen molar-refractivity contribution >= 4 is 17.7 Å². The van der Waals surface area contributed by atoms with E-state index in [-0.39, 0.29) is 18.0 Å². The number of carbonyl (C=O) groups is 1. The molecule has 2 aromatic rings. The number of benzene rings is 1. The van der Waals surface area contributed by atoms with Crippen molar-refractivity contribution in [3.63, 3.8) is 0 Å². The smallest absolute Gasteiger partial charge is 0.269 e. The Labute approximate surface area is 119 Å². The molecule has 1 N–H and O–H groups in total. The van der Waals surface area contributed by atoms with E-state index in [9.17, 15) is 14.9 Å². The summed E-state index contributed by atoms with van der Waals surface area (Å²) in [5.41, 5.74) is 1.07. The average Bonchev–Trinajstić information content (AvgIpc) is 2.49. The Morgan fingerprint density at radius 1 is 1.24 bits per heavy atom. The van der Waals surface area contributed by atoms with Gasteiger partial charge in [-0.05, 0) is 12.1 Å². The monoisotopic (exact) mass is 286 g/mol. The van der Waals surface area contributed by atoms with Crippen LogP contribution in [0, 0.1) is 10.1 Å². The van der Waals surface area contributed by atoms with Gasteiger partial charge in [0.15, 0.2) is 12.4 Å². The molecule has 0 amide bonds. The molecular formula is C14H12N3O4+. The maximum absolute atomic E-state index is 12.0. The Morgan fingerprint density at radius 3 is 2.38 bits per heavy atom. The van der Waals surface area contributed by atoms with Crippen molar-refractivity contribution in [3.8, 4) is 0 Å². The van der Waals surface area contributed by atoms with Gasteiger partial charge in [0.25, 0.3) is 5.69 Å². The Kier molecular flexibility index (Phi) is 4.35. The normalized spacial score (nSPS) is 10.7. The number of pyridine rings is 1. The molecule has 0 aliphatic rings. The third kappa shape index (κ3) is 3.69. The summed E-state index contributed by atoms with van der Waals surface area (Å²) >= 11 is 0. The van der Waals surface area contributed by atoms with Gasteiger partial charge in [-0.15, -0.1) is 0 Å². The zero-order valence-electron chi connectivity index (χ0n) is 10.9. The summed E-state index contributed by atoms with van der Waals surface area (Å²) in [7, 11) is 0. The minimum Gasteiger partial charge on any atom is -0.411 e. The van der Waals surface area contributed by atoms with Crippen LogP contribution in [-0.4, -0.2) is 22.1 Å². The topological polar surface area (TPSA) is 96.7 Å². The van der Waals surface area contributed by atoms with E-state index in [1.54, 1.807) is 29.1 Å². The van der Waals surface area contributed by atoms with E-state index in [4.69, 9.17) is 5.21 Å². The second kappa shape index (κ2) is 6.38. The predicted octanol–water partition coefficient (Wildman–Crippen LogP) is 1.57. The maximum Gasteiger partial charge on any atom is 0.269 e. The summed E-state index contributed by atoms with van der Waals surface area (Å²) in [6, 6.07) is 8.88. The number of carbonyl (C=O) groups excluding carboxylic acids is 1. The number of aromatic nitrogens is 1. The lowest BCUT2D eigenvalue weighted by molar-refractivity contribution is -0.683. The molecular weight excluding hydrogens is 274 g/mol. The molecule has 0 radical (unpaired) electrons. The summed E-state index contributed by atoms with van der Waals surface area (Å²) in [5.74, 6) is -0.154. The molecule has 21 heavy (non-hydrogen) atoms. The molecule has 0 bridgehead atoms. The molecule has 7 nitrogen and oxygen atoms in total. The molecule has 106 valence electrons. The van der Waals surface area contributed by atoms with Crippen LogP contribution in [0.25, 0.3) is 0 Å². The number of nitro benzene ring substituents is 1. The van der Waals surface area contributed by atoms with Crippen LogP contribution in [0.1, 0.15) is 15.9 Å². The van der Waals surface area contributed by atoms with Crippen molar-refractivity contribution < 1.29 is 19.5 Å². The van der Waals surface area contributed by atoms with E-state index in [0.717, 1.165) is 0 Å². The van der Waals surface area contributed by atoms with Crippen LogP contribution >= 0.6 is 0 Å². The molecule has 2 rings (SSSR count). The van der Waals surface area contributed by atoms with Crippen LogP contribution < -0.4 is 4.57 Å². The van der Waals surface area contributed by atoms with E-state index in [1.807, 2.05) is 0 Å². The first-order valence-electron chi connectivity index (χ1n) is 6.04. The zero-order chi connectivity index (χ0) is 15.2. The lowest BCUT2D eigenvalue weighted by Crippen LogP contribution is -2.37. The molecule has 0 fully saturated rings. The van der Waals surface area contributed by atoms with Gasteiger partial charge in [0, 0.05) is 35.4 Å². The number of hydrogen-bond donors (Lipinski definition) is 1. The van der Waals surface area contributed by atoms with Gasteiger partial charge in [-0.1, -0.05) is 5.16 Å². The minimum absolute atomic E-state index is 0.0492. The molecule has 0 saturated carbocycles. The number of nitrogens with zero attached hydrogens (tertiary/aromatic N) is 3. The first-order chi connectivity index (χ1) is 10.1. The maximum atomic E-state index is 12.0.